The molecule has 5 heteroatoms. The molecule has 2 aromatic carbocycles. The van der Waals surface area contributed by atoms with Gasteiger partial charge in [-0.15, -0.1) is 0 Å². The first-order valence-corrected chi connectivity index (χ1v) is 8.92. The molecule has 0 saturated carbocycles. The number of ether oxygens (including phenoxy) is 1. The Bertz CT molecular complexity index is 775. The van der Waals surface area contributed by atoms with E-state index in [1.54, 1.807) is 30.3 Å². The molecule has 0 aromatic heterocycles. The second-order valence-corrected chi connectivity index (χ2v) is 6.14. The van der Waals surface area contributed by atoms with Gasteiger partial charge in [0.15, 0.2) is 6.61 Å². The van der Waals surface area contributed by atoms with Gasteiger partial charge in [-0.05, 0) is 47.7 Å². The summed E-state index contributed by atoms with van der Waals surface area (Å²) in [6.45, 7) is 3.74. The van der Waals surface area contributed by atoms with Crippen LogP contribution in [-0.2, 0) is 27.2 Å². The molecule has 0 aliphatic carbocycles. The van der Waals surface area contributed by atoms with Crippen LogP contribution >= 0.6 is 11.6 Å². The number of anilines is 1. The predicted octanol–water partition coefficient (Wildman–Crippen LogP) is 4.66. The van der Waals surface area contributed by atoms with Gasteiger partial charge in [-0.1, -0.05) is 55.8 Å². The van der Waals surface area contributed by atoms with Crippen LogP contribution in [0.4, 0.5) is 5.69 Å². The summed E-state index contributed by atoms with van der Waals surface area (Å²) in [7, 11) is 0. The van der Waals surface area contributed by atoms with Crippen molar-refractivity contribution >= 4 is 35.2 Å². The SMILES string of the molecule is CCc1cccc(CC)c1NC(=O)COC(=O)/C=C/c1ccc(Cl)cc1. The first-order chi connectivity index (χ1) is 12.5. The number of nitrogens with one attached hydrogen (secondary N) is 1. The number of esters is 1. The number of amides is 1. The topological polar surface area (TPSA) is 55.4 Å². The van der Waals surface area contributed by atoms with Crippen LogP contribution in [0.5, 0.6) is 0 Å². The van der Waals surface area contributed by atoms with Crippen LogP contribution in [0.15, 0.2) is 48.5 Å². The molecule has 1 N–H and O–H groups in total. The van der Waals surface area contributed by atoms with Crippen molar-refractivity contribution in [3.8, 4) is 0 Å². The number of carbonyl (C=O) groups is 2. The molecule has 0 atom stereocenters. The van der Waals surface area contributed by atoms with Gasteiger partial charge in [0.1, 0.15) is 0 Å². The molecular weight excluding hydrogens is 350 g/mol. The third-order valence-electron chi connectivity index (χ3n) is 3.89. The zero-order valence-corrected chi connectivity index (χ0v) is 15.7. The van der Waals surface area contributed by atoms with E-state index in [0.717, 1.165) is 35.2 Å². The average molecular weight is 372 g/mol. The van der Waals surface area contributed by atoms with Gasteiger partial charge in [0, 0.05) is 16.8 Å². The lowest BCUT2D eigenvalue weighted by Crippen LogP contribution is -2.21. The Morgan fingerprint density at radius 2 is 1.65 bits per heavy atom. The Kier molecular flexibility index (Phi) is 7.42. The van der Waals surface area contributed by atoms with Crippen molar-refractivity contribution in [3.05, 3.63) is 70.3 Å². The highest BCUT2D eigenvalue weighted by Crippen LogP contribution is 2.22. The molecular formula is C21H22ClNO3. The van der Waals surface area contributed by atoms with Crippen molar-refractivity contribution in [3.63, 3.8) is 0 Å². The maximum absolute atomic E-state index is 12.1. The number of para-hydroxylation sites is 1. The quantitative estimate of drug-likeness (QED) is 0.568. The highest BCUT2D eigenvalue weighted by atomic mass is 35.5. The van der Waals surface area contributed by atoms with Crippen molar-refractivity contribution in [1.29, 1.82) is 0 Å². The summed E-state index contributed by atoms with van der Waals surface area (Å²) in [4.78, 5) is 23.9. The molecule has 2 rings (SSSR count). The largest absolute Gasteiger partial charge is 0.452 e. The van der Waals surface area contributed by atoms with Crippen LogP contribution in [0.3, 0.4) is 0 Å². The maximum Gasteiger partial charge on any atom is 0.331 e. The van der Waals surface area contributed by atoms with Crippen LogP contribution in [0.25, 0.3) is 6.08 Å². The Balaban J connectivity index is 1.90. The Morgan fingerprint density at radius 1 is 1.04 bits per heavy atom. The van der Waals surface area contributed by atoms with Crippen LogP contribution in [-0.4, -0.2) is 18.5 Å². The Labute approximate surface area is 158 Å². The summed E-state index contributed by atoms with van der Waals surface area (Å²) in [5, 5.41) is 3.49. The fraction of sp³-hybridized carbons (Fsp3) is 0.238. The summed E-state index contributed by atoms with van der Waals surface area (Å²) in [5.74, 6) is -0.927. The molecule has 0 aliphatic rings. The number of hydrogen-bond donors (Lipinski definition) is 1. The molecule has 1 amide bonds. The molecule has 136 valence electrons. The van der Waals surface area contributed by atoms with Crippen molar-refractivity contribution in [2.45, 2.75) is 26.7 Å². The van der Waals surface area contributed by atoms with Crippen molar-refractivity contribution < 1.29 is 14.3 Å². The molecule has 0 radical (unpaired) electrons. The third-order valence-corrected chi connectivity index (χ3v) is 4.14. The van der Waals surface area contributed by atoms with E-state index in [9.17, 15) is 9.59 Å². The summed E-state index contributed by atoms with van der Waals surface area (Å²) in [6.07, 6.45) is 4.52. The first kappa shape index (κ1) is 19.7. The molecule has 26 heavy (non-hydrogen) atoms. The zero-order chi connectivity index (χ0) is 18.9. The maximum atomic E-state index is 12.1. The van der Waals surface area contributed by atoms with Gasteiger partial charge in [-0.25, -0.2) is 4.79 Å². The van der Waals surface area contributed by atoms with Gasteiger partial charge in [0.05, 0.1) is 0 Å². The van der Waals surface area contributed by atoms with E-state index in [0.29, 0.717) is 5.02 Å². The average Bonchev–Trinajstić information content (AvgIpc) is 2.66. The molecule has 2 aromatic rings. The summed E-state index contributed by atoms with van der Waals surface area (Å²) in [5.41, 5.74) is 3.76. The van der Waals surface area contributed by atoms with E-state index in [1.165, 1.54) is 6.08 Å². The number of carbonyl (C=O) groups excluding carboxylic acids is 2. The van der Waals surface area contributed by atoms with Crippen LogP contribution in [0, 0.1) is 0 Å². The third kappa shape index (κ3) is 5.74. The van der Waals surface area contributed by atoms with Gasteiger partial charge < -0.3 is 10.1 Å². The highest BCUT2D eigenvalue weighted by molar-refractivity contribution is 6.30. The van der Waals surface area contributed by atoms with Crippen LogP contribution < -0.4 is 5.32 Å². The normalized spacial score (nSPS) is 10.7. The monoisotopic (exact) mass is 371 g/mol. The lowest BCUT2D eigenvalue weighted by atomic mass is 10.0. The lowest BCUT2D eigenvalue weighted by molar-refractivity contribution is -0.142. The fourth-order valence-electron chi connectivity index (χ4n) is 2.50. The van der Waals surface area contributed by atoms with E-state index in [1.807, 2.05) is 32.0 Å². The molecule has 0 saturated heterocycles. The minimum atomic E-state index is -0.574. The van der Waals surface area contributed by atoms with Gasteiger partial charge >= 0.3 is 5.97 Å². The van der Waals surface area contributed by atoms with Crippen molar-refractivity contribution in [1.82, 2.24) is 0 Å². The molecule has 0 aliphatic heterocycles. The number of aryl methyl sites for hydroxylation is 2. The van der Waals surface area contributed by atoms with Gasteiger partial charge in [-0.2, -0.15) is 0 Å². The zero-order valence-electron chi connectivity index (χ0n) is 14.9. The fourth-order valence-corrected chi connectivity index (χ4v) is 2.63. The number of hydrogen-bond acceptors (Lipinski definition) is 3. The van der Waals surface area contributed by atoms with Crippen LogP contribution in [0.1, 0.15) is 30.5 Å². The van der Waals surface area contributed by atoms with E-state index in [4.69, 9.17) is 16.3 Å². The summed E-state index contributed by atoms with van der Waals surface area (Å²) >= 11 is 5.81. The number of benzene rings is 2. The predicted molar refractivity (Wildman–Crippen MR) is 105 cm³/mol. The molecule has 0 unspecified atom stereocenters. The number of rotatable bonds is 7. The van der Waals surface area contributed by atoms with E-state index < -0.39 is 5.97 Å². The smallest absolute Gasteiger partial charge is 0.331 e. The molecule has 0 heterocycles. The first-order valence-electron chi connectivity index (χ1n) is 8.54. The molecule has 0 fully saturated rings. The van der Waals surface area contributed by atoms with Gasteiger partial charge in [-0.3, -0.25) is 4.79 Å². The van der Waals surface area contributed by atoms with Gasteiger partial charge in [0.2, 0.25) is 0 Å². The van der Waals surface area contributed by atoms with Crippen molar-refractivity contribution in [2.24, 2.45) is 0 Å². The molecule has 0 bridgehead atoms. The van der Waals surface area contributed by atoms with E-state index >= 15 is 0 Å². The minimum absolute atomic E-state index is 0.328. The standard InChI is InChI=1S/C21H22ClNO3/c1-3-16-6-5-7-17(4-2)21(16)23-19(24)14-26-20(25)13-10-15-8-11-18(22)12-9-15/h5-13H,3-4,14H2,1-2H3,(H,23,24)/b13-10+. The van der Waals surface area contributed by atoms with Gasteiger partial charge in [0.25, 0.3) is 5.91 Å². The Hall–Kier alpha value is -2.59. The van der Waals surface area contributed by atoms with E-state index in [2.05, 4.69) is 5.32 Å². The molecule has 0 spiro atoms. The van der Waals surface area contributed by atoms with Crippen LogP contribution in [0.2, 0.25) is 5.02 Å². The summed E-state index contributed by atoms with van der Waals surface area (Å²) in [6, 6.07) is 13.0. The van der Waals surface area contributed by atoms with E-state index in [-0.39, 0.29) is 12.5 Å². The highest BCUT2D eigenvalue weighted by Gasteiger charge is 2.11. The summed E-state index contributed by atoms with van der Waals surface area (Å²) < 4.78 is 5.00. The number of halogens is 1. The second kappa shape index (κ2) is 9.78. The Morgan fingerprint density at radius 3 is 2.23 bits per heavy atom. The van der Waals surface area contributed by atoms with Crippen molar-refractivity contribution in [2.75, 3.05) is 11.9 Å². The molecule has 4 nitrogen and oxygen atoms in total. The second-order valence-electron chi connectivity index (χ2n) is 5.70. The lowest BCUT2D eigenvalue weighted by Gasteiger charge is -2.14. The minimum Gasteiger partial charge on any atom is -0.452 e.